The van der Waals surface area contributed by atoms with Crippen LogP contribution < -0.4 is 24.4 Å². The number of fused-ring (bicyclic) bond motifs is 1. The van der Waals surface area contributed by atoms with Crippen LogP contribution in [0.5, 0.6) is 17.2 Å². The fraction of sp³-hybridized carbons (Fsp3) is 0.385. The fourth-order valence-electron chi connectivity index (χ4n) is 4.10. The lowest BCUT2D eigenvalue weighted by Gasteiger charge is -2.17. The van der Waals surface area contributed by atoms with E-state index in [-0.39, 0.29) is 37.0 Å². The quantitative estimate of drug-likeness (QED) is 0.688. The van der Waals surface area contributed by atoms with Gasteiger partial charge in [0.05, 0.1) is 19.6 Å². The van der Waals surface area contributed by atoms with Crippen LogP contribution in [-0.4, -0.2) is 44.2 Å². The summed E-state index contributed by atoms with van der Waals surface area (Å²) in [6.45, 7) is 4.85. The van der Waals surface area contributed by atoms with Crippen LogP contribution in [0.3, 0.4) is 0 Å². The summed E-state index contributed by atoms with van der Waals surface area (Å²) in [5.41, 5.74) is 1.66. The lowest BCUT2D eigenvalue weighted by molar-refractivity contribution is -0.126. The van der Waals surface area contributed by atoms with Crippen LogP contribution in [0, 0.1) is 17.8 Å². The minimum atomic E-state index is -0.398. The maximum absolute atomic E-state index is 12.5. The summed E-state index contributed by atoms with van der Waals surface area (Å²) in [6, 6.07) is 13.1. The van der Waals surface area contributed by atoms with Crippen LogP contribution >= 0.6 is 0 Å². The van der Waals surface area contributed by atoms with Crippen LogP contribution in [0.2, 0.25) is 0 Å². The Labute approximate surface area is 194 Å². The number of para-hydroxylation sites is 1. The van der Waals surface area contributed by atoms with Gasteiger partial charge < -0.3 is 24.4 Å². The molecule has 2 aromatic carbocycles. The number of methoxy groups -OCH3 is 1. The molecule has 2 aliphatic rings. The Morgan fingerprint density at radius 2 is 2.00 bits per heavy atom. The molecule has 2 aromatic rings. The van der Waals surface area contributed by atoms with Crippen LogP contribution in [-0.2, 0) is 16.0 Å². The minimum absolute atomic E-state index is 0.0689. The molecule has 2 aliphatic heterocycles. The first-order valence-corrected chi connectivity index (χ1v) is 11.0. The molecular weight excluding hydrogens is 420 g/mol. The van der Waals surface area contributed by atoms with Crippen molar-refractivity contribution in [2.45, 2.75) is 32.3 Å². The highest BCUT2D eigenvalue weighted by atomic mass is 16.5. The Morgan fingerprint density at radius 1 is 1.21 bits per heavy atom. The average Bonchev–Trinajstić information content (AvgIpc) is 3.34. The molecule has 0 bridgehead atoms. The molecule has 7 nitrogen and oxygen atoms in total. The number of amides is 2. The number of nitrogens with one attached hydrogen (secondary N) is 1. The van der Waals surface area contributed by atoms with Gasteiger partial charge in [-0.05, 0) is 44.2 Å². The summed E-state index contributed by atoms with van der Waals surface area (Å²) in [4.78, 5) is 26.5. The van der Waals surface area contributed by atoms with E-state index in [0.29, 0.717) is 12.3 Å². The molecular formula is C26H28N2O5. The number of carbonyl (C=O) groups is 2. The van der Waals surface area contributed by atoms with E-state index in [0.717, 1.165) is 29.2 Å². The molecule has 1 N–H and O–H groups in total. The van der Waals surface area contributed by atoms with Crippen LogP contribution in [0.4, 0.5) is 5.69 Å². The molecule has 0 radical (unpaired) electrons. The van der Waals surface area contributed by atoms with E-state index >= 15 is 0 Å². The summed E-state index contributed by atoms with van der Waals surface area (Å²) in [7, 11) is 1.59. The first-order chi connectivity index (χ1) is 15.9. The molecule has 0 spiro atoms. The summed E-state index contributed by atoms with van der Waals surface area (Å²) in [6.07, 6.45) is 1.03. The lowest BCUT2D eigenvalue weighted by Crippen LogP contribution is -2.33. The van der Waals surface area contributed by atoms with Crippen molar-refractivity contribution in [3.63, 3.8) is 0 Å². The molecule has 33 heavy (non-hydrogen) atoms. The van der Waals surface area contributed by atoms with E-state index in [4.69, 9.17) is 14.2 Å². The molecule has 2 amide bonds. The van der Waals surface area contributed by atoms with E-state index in [1.807, 2.05) is 44.2 Å². The number of ether oxygens (including phenoxy) is 3. The number of benzene rings is 2. The number of carbonyl (C=O) groups excluding carboxylic acids is 2. The van der Waals surface area contributed by atoms with Crippen LogP contribution in [0.25, 0.3) is 0 Å². The van der Waals surface area contributed by atoms with E-state index in [1.54, 1.807) is 24.1 Å². The second kappa shape index (κ2) is 9.45. The molecule has 1 fully saturated rings. The molecule has 7 heteroatoms. The van der Waals surface area contributed by atoms with E-state index in [2.05, 4.69) is 17.2 Å². The molecule has 1 saturated heterocycles. The topological polar surface area (TPSA) is 77.1 Å². The molecule has 0 aliphatic carbocycles. The van der Waals surface area contributed by atoms with Crippen molar-refractivity contribution >= 4 is 17.5 Å². The van der Waals surface area contributed by atoms with Gasteiger partial charge in [0.2, 0.25) is 11.8 Å². The van der Waals surface area contributed by atoms with E-state index in [1.165, 1.54) is 0 Å². The molecule has 0 aromatic heterocycles. The Morgan fingerprint density at radius 3 is 2.76 bits per heavy atom. The van der Waals surface area contributed by atoms with Crippen LogP contribution in [0.1, 0.15) is 25.8 Å². The second-order valence-corrected chi connectivity index (χ2v) is 8.75. The highest BCUT2D eigenvalue weighted by Gasteiger charge is 2.35. The van der Waals surface area contributed by atoms with Gasteiger partial charge in [0.15, 0.2) is 11.5 Å². The minimum Gasteiger partial charge on any atom is -0.497 e. The molecule has 0 saturated carbocycles. The van der Waals surface area contributed by atoms with Crippen molar-refractivity contribution in [3.05, 3.63) is 48.0 Å². The van der Waals surface area contributed by atoms with Gasteiger partial charge >= 0.3 is 0 Å². The Kier molecular flexibility index (Phi) is 6.45. The number of anilines is 1. The van der Waals surface area contributed by atoms with Crippen molar-refractivity contribution < 1.29 is 23.8 Å². The largest absolute Gasteiger partial charge is 0.497 e. The van der Waals surface area contributed by atoms with Gasteiger partial charge in [-0.2, -0.15) is 0 Å². The van der Waals surface area contributed by atoms with Crippen molar-refractivity contribution in [3.8, 4) is 29.1 Å². The maximum atomic E-state index is 12.5. The van der Waals surface area contributed by atoms with Gasteiger partial charge in [-0.3, -0.25) is 9.59 Å². The highest BCUT2D eigenvalue weighted by molar-refractivity contribution is 6.00. The van der Waals surface area contributed by atoms with Gasteiger partial charge in [-0.25, -0.2) is 0 Å². The Bertz CT molecular complexity index is 1100. The monoisotopic (exact) mass is 448 g/mol. The van der Waals surface area contributed by atoms with Crippen LogP contribution in [0.15, 0.2) is 42.5 Å². The first-order valence-electron chi connectivity index (χ1n) is 11.0. The van der Waals surface area contributed by atoms with Gasteiger partial charge in [-0.15, -0.1) is 0 Å². The predicted octanol–water partition coefficient (Wildman–Crippen LogP) is 2.96. The number of hydrogen-bond acceptors (Lipinski definition) is 5. The summed E-state index contributed by atoms with van der Waals surface area (Å²) < 4.78 is 16.9. The summed E-state index contributed by atoms with van der Waals surface area (Å²) >= 11 is 0. The molecule has 2 heterocycles. The summed E-state index contributed by atoms with van der Waals surface area (Å²) in [5, 5.41) is 2.79. The van der Waals surface area contributed by atoms with Crippen molar-refractivity contribution in [1.29, 1.82) is 0 Å². The SMILES string of the molecule is COc1ccc(N2CC(C(=O)NCC#CCOc3cccc4c3OC(C)(C)C4)CC2=O)cc1. The summed E-state index contributed by atoms with van der Waals surface area (Å²) in [5.74, 6) is 7.35. The van der Waals surface area contributed by atoms with Gasteiger partial charge in [0.1, 0.15) is 18.0 Å². The van der Waals surface area contributed by atoms with Crippen molar-refractivity contribution in [2.75, 3.05) is 31.7 Å². The number of hydrogen-bond donors (Lipinski definition) is 1. The third kappa shape index (κ3) is 5.23. The van der Waals surface area contributed by atoms with Gasteiger partial charge in [0, 0.05) is 30.6 Å². The standard InChI is InChI=1S/C26H28N2O5/c1-26(2)16-18-7-6-8-22(24(18)33-26)32-14-5-4-13-27-25(30)19-15-23(29)28(17-19)20-9-11-21(31-3)12-10-20/h6-12,19H,13-17H2,1-3H3,(H,27,30). The Hall–Kier alpha value is -3.66. The third-order valence-electron chi connectivity index (χ3n) is 5.71. The normalized spacial score (nSPS) is 18.1. The Balaban J connectivity index is 1.23. The molecule has 4 rings (SSSR count). The number of nitrogens with zero attached hydrogens (tertiary/aromatic N) is 1. The molecule has 1 unspecified atom stereocenters. The zero-order valence-electron chi connectivity index (χ0n) is 19.1. The average molecular weight is 449 g/mol. The zero-order chi connectivity index (χ0) is 23.4. The number of rotatable bonds is 6. The molecule has 172 valence electrons. The predicted molar refractivity (Wildman–Crippen MR) is 125 cm³/mol. The second-order valence-electron chi connectivity index (χ2n) is 8.75. The van der Waals surface area contributed by atoms with Crippen molar-refractivity contribution in [2.24, 2.45) is 5.92 Å². The lowest BCUT2D eigenvalue weighted by atomic mass is 10.0. The van der Waals surface area contributed by atoms with Gasteiger partial charge in [0.25, 0.3) is 0 Å². The van der Waals surface area contributed by atoms with Gasteiger partial charge in [-0.1, -0.05) is 24.0 Å². The first kappa shape index (κ1) is 22.5. The highest BCUT2D eigenvalue weighted by Crippen LogP contribution is 2.41. The third-order valence-corrected chi connectivity index (χ3v) is 5.71. The van der Waals surface area contributed by atoms with E-state index in [9.17, 15) is 9.59 Å². The van der Waals surface area contributed by atoms with E-state index < -0.39 is 5.92 Å². The smallest absolute Gasteiger partial charge is 0.227 e. The molecule has 1 atom stereocenters. The fourth-order valence-corrected chi connectivity index (χ4v) is 4.10. The maximum Gasteiger partial charge on any atom is 0.227 e. The zero-order valence-corrected chi connectivity index (χ0v) is 19.1. The van der Waals surface area contributed by atoms with Crippen molar-refractivity contribution in [1.82, 2.24) is 5.32 Å².